The molecule has 0 atom stereocenters. The van der Waals surface area contributed by atoms with Crippen LogP contribution in [-0.4, -0.2) is 11.6 Å². The summed E-state index contributed by atoms with van der Waals surface area (Å²) in [5.74, 6) is -0.555. The van der Waals surface area contributed by atoms with Crippen molar-refractivity contribution in [2.75, 3.05) is 0 Å². The van der Waals surface area contributed by atoms with Crippen molar-refractivity contribution in [3.63, 3.8) is 0 Å². The predicted molar refractivity (Wildman–Crippen MR) is 58.4 cm³/mol. The van der Waals surface area contributed by atoms with E-state index >= 15 is 0 Å². The smallest absolute Gasteiger partial charge is 0.205 e. The number of ketones is 2. The Morgan fingerprint density at radius 3 is 2.27 bits per heavy atom. The number of Topliss-reactive ketones (excluding diaryl/α,β-unsaturated/α-hetero) is 1. The van der Waals surface area contributed by atoms with Gasteiger partial charge in [0, 0.05) is 11.6 Å². The third kappa shape index (κ3) is 1.90. The predicted octanol–water partition coefficient (Wildman–Crippen LogP) is 2.34. The van der Waals surface area contributed by atoms with Crippen LogP contribution < -0.4 is 0 Å². The lowest BCUT2D eigenvalue weighted by atomic mass is 9.96. The van der Waals surface area contributed by atoms with Gasteiger partial charge in [0.1, 0.15) is 0 Å². The average molecular weight is 219 g/mol. The van der Waals surface area contributed by atoms with Gasteiger partial charge in [0.25, 0.3) is 0 Å². The van der Waals surface area contributed by atoms with Crippen molar-refractivity contribution in [3.8, 4) is 0 Å². The highest BCUT2D eigenvalue weighted by molar-refractivity contribution is 6.54. The summed E-state index contributed by atoms with van der Waals surface area (Å²) in [6.45, 7) is 0. The molecule has 1 aromatic rings. The molecule has 0 saturated heterocycles. The molecule has 0 radical (unpaired) electrons. The van der Waals surface area contributed by atoms with Gasteiger partial charge in [0.15, 0.2) is 5.78 Å². The molecule has 1 aliphatic carbocycles. The molecule has 0 fully saturated rings. The fraction of sp³-hybridized carbons (Fsp3) is 0. The largest absolute Gasteiger partial charge is 0.290 e. The molecule has 0 bridgehead atoms. The quantitative estimate of drug-likeness (QED) is 0.678. The Morgan fingerprint density at radius 1 is 0.933 bits per heavy atom. The molecule has 1 aliphatic rings. The van der Waals surface area contributed by atoms with Gasteiger partial charge in [0.05, 0.1) is 5.03 Å². The van der Waals surface area contributed by atoms with Gasteiger partial charge in [-0.2, -0.15) is 0 Å². The molecule has 0 unspecified atom stereocenters. The lowest BCUT2D eigenvalue weighted by Gasteiger charge is -2.08. The lowest BCUT2D eigenvalue weighted by Crippen LogP contribution is -2.10. The molecular formula is C12H7ClO2. The first-order chi connectivity index (χ1) is 7.18. The van der Waals surface area contributed by atoms with Crippen LogP contribution in [0.1, 0.15) is 5.56 Å². The molecule has 3 heteroatoms. The van der Waals surface area contributed by atoms with Crippen LogP contribution in [0.4, 0.5) is 0 Å². The normalized spacial score (nSPS) is 16.1. The summed E-state index contributed by atoms with van der Waals surface area (Å²) < 4.78 is 0. The van der Waals surface area contributed by atoms with Crippen LogP contribution in [0, 0.1) is 0 Å². The zero-order valence-electron chi connectivity index (χ0n) is 7.74. The van der Waals surface area contributed by atoms with E-state index in [1.54, 1.807) is 24.3 Å². The molecule has 0 aromatic heterocycles. The maximum atomic E-state index is 11.7. The van der Waals surface area contributed by atoms with Gasteiger partial charge in [0.2, 0.25) is 5.78 Å². The molecule has 74 valence electrons. The molecule has 0 spiro atoms. The van der Waals surface area contributed by atoms with E-state index in [9.17, 15) is 9.59 Å². The molecule has 15 heavy (non-hydrogen) atoms. The highest BCUT2D eigenvalue weighted by Crippen LogP contribution is 2.24. The second-order valence-electron chi connectivity index (χ2n) is 3.15. The van der Waals surface area contributed by atoms with Crippen LogP contribution in [0.5, 0.6) is 0 Å². The molecule has 0 heterocycles. The van der Waals surface area contributed by atoms with E-state index in [1.807, 2.05) is 6.07 Å². The summed E-state index contributed by atoms with van der Waals surface area (Å²) in [7, 11) is 0. The molecule has 0 amide bonds. The summed E-state index contributed by atoms with van der Waals surface area (Å²) in [6.07, 6.45) is 2.44. The van der Waals surface area contributed by atoms with Crippen LogP contribution in [0.2, 0.25) is 0 Å². The number of allylic oxidation sites excluding steroid dienone is 4. The van der Waals surface area contributed by atoms with E-state index in [2.05, 4.69) is 0 Å². The first kappa shape index (κ1) is 9.87. The van der Waals surface area contributed by atoms with Crippen LogP contribution in [-0.2, 0) is 9.59 Å². The van der Waals surface area contributed by atoms with Crippen molar-refractivity contribution in [1.29, 1.82) is 0 Å². The van der Waals surface area contributed by atoms with Crippen molar-refractivity contribution in [2.45, 2.75) is 0 Å². The minimum absolute atomic E-state index is 0.0265. The standard InChI is InChI=1S/C12H7ClO2/c13-11-7-9(14)6-10(12(11)15)8-4-2-1-3-5-8/h1-7H. The Hall–Kier alpha value is -1.67. The van der Waals surface area contributed by atoms with Gasteiger partial charge in [-0.15, -0.1) is 0 Å². The zero-order valence-corrected chi connectivity index (χ0v) is 8.49. The van der Waals surface area contributed by atoms with Gasteiger partial charge in [-0.05, 0) is 11.6 Å². The van der Waals surface area contributed by atoms with Crippen LogP contribution in [0.3, 0.4) is 0 Å². The minimum Gasteiger partial charge on any atom is -0.290 e. The Kier molecular flexibility index (Phi) is 2.52. The highest BCUT2D eigenvalue weighted by Gasteiger charge is 2.20. The van der Waals surface area contributed by atoms with Crippen LogP contribution in [0.15, 0.2) is 47.5 Å². The second kappa shape index (κ2) is 3.83. The molecule has 1 aromatic carbocycles. The van der Waals surface area contributed by atoms with Gasteiger partial charge in [-0.1, -0.05) is 41.9 Å². The van der Waals surface area contributed by atoms with Crippen LogP contribution >= 0.6 is 11.6 Å². The Morgan fingerprint density at radius 2 is 1.60 bits per heavy atom. The van der Waals surface area contributed by atoms with Crippen molar-refractivity contribution < 1.29 is 9.59 Å². The number of hydrogen-bond acceptors (Lipinski definition) is 2. The number of hydrogen-bond donors (Lipinski definition) is 0. The fourth-order valence-electron chi connectivity index (χ4n) is 1.40. The minimum atomic E-state index is -0.303. The third-order valence-electron chi connectivity index (χ3n) is 2.10. The molecule has 0 saturated carbocycles. The van der Waals surface area contributed by atoms with Crippen molar-refractivity contribution in [2.24, 2.45) is 0 Å². The van der Waals surface area contributed by atoms with Gasteiger partial charge >= 0.3 is 0 Å². The topological polar surface area (TPSA) is 34.1 Å². The van der Waals surface area contributed by atoms with Gasteiger partial charge in [-0.3, -0.25) is 9.59 Å². The summed E-state index contributed by atoms with van der Waals surface area (Å²) in [5.41, 5.74) is 1.07. The van der Waals surface area contributed by atoms with Crippen LogP contribution in [0.25, 0.3) is 5.57 Å². The van der Waals surface area contributed by atoms with Crippen molar-refractivity contribution >= 4 is 28.7 Å². The first-order valence-corrected chi connectivity index (χ1v) is 4.79. The van der Waals surface area contributed by atoms with E-state index in [4.69, 9.17) is 11.6 Å². The number of halogens is 1. The number of rotatable bonds is 1. The van der Waals surface area contributed by atoms with E-state index < -0.39 is 0 Å². The van der Waals surface area contributed by atoms with E-state index in [0.29, 0.717) is 11.1 Å². The summed E-state index contributed by atoms with van der Waals surface area (Å²) in [6, 6.07) is 9.00. The SMILES string of the molecule is O=C1C=C(Cl)C(=O)C(c2ccccc2)=C1. The monoisotopic (exact) mass is 218 g/mol. The second-order valence-corrected chi connectivity index (χ2v) is 3.56. The maximum absolute atomic E-state index is 11.7. The number of carbonyl (C=O) groups excluding carboxylic acids is 2. The molecular weight excluding hydrogens is 212 g/mol. The lowest BCUT2D eigenvalue weighted by molar-refractivity contribution is -0.113. The summed E-state index contributed by atoms with van der Waals surface area (Å²) in [5, 5.41) is -0.0265. The molecule has 2 nitrogen and oxygen atoms in total. The highest BCUT2D eigenvalue weighted by atomic mass is 35.5. The average Bonchev–Trinajstić information content (AvgIpc) is 2.24. The van der Waals surface area contributed by atoms with E-state index in [1.165, 1.54) is 6.08 Å². The van der Waals surface area contributed by atoms with E-state index in [-0.39, 0.29) is 16.6 Å². The Balaban J connectivity index is 2.47. The summed E-state index contributed by atoms with van der Waals surface area (Å²) in [4.78, 5) is 22.9. The van der Waals surface area contributed by atoms with Gasteiger partial charge < -0.3 is 0 Å². The molecule has 0 aliphatic heterocycles. The number of carbonyl (C=O) groups is 2. The fourth-order valence-corrected chi connectivity index (χ4v) is 1.61. The molecule has 0 N–H and O–H groups in total. The first-order valence-electron chi connectivity index (χ1n) is 4.41. The molecule has 2 rings (SSSR count). The zero-order chi connectivity index (χ0) is 10.8. The third-order valence-corrected chi connectivity index (χ3v) is 2.38. The van der Waals surface area contributed by atoms with Gasteiger partial charge in [-0.25, -0.2) is 0 Å². The number of benzene rings is 1. The Labute approximate surface area is 91.9 Å². The van der Waals surface area contributed by atoms with E-state index in [0.717, 1.165) is 6.08 Å². The Bertz CT molecular complexity index is 484. The summed E-state index contributed by atoms with van der Waals surface area (Å²) >= 11 is 5.66. The maximum Gasteiger partial charge on any atom is 0.205 e. The van der Waals surface area contributed by atoms with Crippen molar-refractivity contribution in [3.05, 3.63) is 53.1 Å². The van der Waals surface area contributed by atoms with Crippen molar-refractivity contribution in [1.82, 2.24) is 0 Å².